The number of hydrogen-bond donors (Lipinski definition) is 1. The van der Waals surface area contributed by atoms with Gasteiger partial charge in [-0.2, -0.15) is 9.78 Å². The van der Waals surface area contributed by atoms with Gasteiger partial charge in [0.2, 0.25) is 0 Å². The van der Waals surface area contributed by atoms with Gasteiger partial charge in [-0.05, 0) is 48.7 Å². The highest BCUT2D eigenvalue weighted by atomic mass is 16.5. The lowest BCUT2D eigenvalue weighted by Gasteiger charge is -2.12. The standard InChI is InChI=1S/C26H26N4O4/c1-4-33-26(32)21-15-27-30(23-13-12-18-8-5-6-11-22(18)28-23)25(21)29-24(31)16-34-20-10-7-9-19(14-20)17(2)3/h5-15,17H,4,16H2,1-3H3,(H,29,31). The summed E-state index contributed by atoms with van der Waals surface area (Å²) >= 11 is 0. The Labute approximate surface area is 197 Å². The summed E-state index contributed by atoms with van der Waals surface area (Å²) in [5.74, 6) is 0.532. The molecule has 0 aliphatic carbocycles. The third-order valence-corrected chi connectivity index (χ3v) is 5.22. The average Bonchev–Trinajstić information content (AvgIpc) is 3.26. The minimum atomic E-state index is -0.588. The van der Waals surface area contributed by atoms with Crippen LogP contribution in [0.2, 0.25) is 0 Å². The lowest BCUT2D eigenvalue weighted by atomic mass is 10.0. The number of hydrogen-bond acceptors (Lipinski definition) is 6. The van der Waals surface area contributed by atoms with Gasteiger partial charge >= 0.3 is 5.97 Å². The molecule has 8 nitrogen and oxygen atoms in total. The van der Waals surface area contributed by atoms with Crippen molar-refractivity contribution in [2.75, 3.05) is 18.5 Å². The van der Waals surface area contributed by atoms with E-state index in [1.54, 1.807) is 19.1 Å². The number of carbonyl (C=O) groups excluding carboxylic acids is 2. The smallest absolute Gasteiger partial charge is 0.343 e. The molecule has 2 heterocycles. The maximum atomic E-state index is 12.8. The van der Waals surface area contributed by atoms with Crippen LogP contribution in [0.25, 0.3) is 16.7 Å². The molecule has 0 bridgehead atoms. The van der Waals surface area contributed by atoms with Crippen molar-refractivity contribution in [3.8, 4) is 11.6 Å². The third kappa shape index (κ3) is 5.06. The van der Waals surface area contributed by atoms with Gasteiger partial charge in [-0.15, -0.1) is 0 Å². The van der Waals surface area contributed by atoms with Crippen molar-refractivity contribution in [2.45, 2.75) is 26.7 Å². The molecule has 8 heteroatoms. The summed E-state index contributed by atoms with van der Waals surface area (Å²) in [6.07, 6.45) is 1.36. The second-order valence-corrected chi connectivity index (χ2v) is 7.97. The summed E-state index contributed by atoms with van der Waals surface area (Å²) in [7, 11) is 0. The SMILES string of the molecule is CCOC(=O)c1cnn(-c2ccc3ccccc3n2)c1NC(=O)COc1cccc(C(C)C)c1. The number of para-hydroxylation sites is 1. The van der Waals surface area contributed by atoms with Crippen LogP contribution in [0.4, 0.5) is 5.82 Å². The number of pyridine rings is 1. The lowest BCUT2D eigenvalue weighted by Crippen LogP contribution is -2.23. The van der Waals surface area contributed by atoms with E-state index >= 15 is 0 Å². The predicted molar refractivity (Wildman–Crippen MR) is 129 cm³/mol. The summed E-state index contributed by atoms with van der Waals surface area (Å²) in [5, 5.41) is 8.01. The lowest BCUT2D eigenvalue weighted by molar-refractivity contribution is -0.118. The van der Waals surface area contributed by atoms with Crippen molar-refractivity contribution in [3.63, 3.8) is 0 Å². The molecule has 174 valence electrons. The van der Waals surface area contributed by atoms with Crippen molar-refractivity contribution in [2.24, 2.45) is 0 Å². The van der Waals surface area contributed by atoms with E-state index in [2.05, 4.69) is 29.2 Å². The molecule has 0 saturated heterocycles. The first kappa shape index (κ1) is 23.0. The van der Waals surface area contributed by atoms with Crippen LogP contribution in [0, 0.1) is 0 Å². The second kappa shape index (κ2) is 10.2. The van der Waals surface area contributed by atoms with Crippen LogP contribution < -0.4 is 10.1 Å². The van der Waals surface area contributed by atoms with Gasteiger partial charge in [-0.1, -0.05) is 44.2 Å². The minimum absolute atomic E-state index is 0.131. The van der Waals surface area contributed by atoms with Gasteiger partial charge in [0.05, 0.1) is 18.3 Å². The maximum absolute atomic E-state index is 12.8. The Hall–Kier alpha value is -4.20. The number of fused-ring (bicyclic) bond motifs is 1. The van der Waals surface area contributed by atoms with E-state index < -0.39 is 11.9 Å². The number of esters is 1. The highest BCUT2D eigenvalue weighted by Crippen LogP contribution is 2.23. The number of rotatable bonds is 8. The zero-order chi connectivity index (χ0) is 24.1. The molecule has 0 aliphatic rings. The summed E-state index contributed by atoms with van der Waals surface area (Å²) in [5.41, 5.74) is 2.01. The van der Waals surface area contributed by atoms with Crippen LogP contribution in [-0.2, 0) is 9.53 Å². The Morgan fingerprint density at radius 1 is 1.06 bits per heavy atom. The number of carbonyl (C=O) groups is 2. The molecular weight excluding hydrogens is 432 g/mol. The van der Waals surface area contributed by atoms with E-state index in [4.69, 9.17) is 9.47 Å². The van der Waals surface area contributed by atoms with Crippen LogP contribution >= 0.6 is 0 Å². The molecule has 0 unspecified atom stereocenters. The van der Waals surface area contributed by atoms with Gasteiger partial charge in [0.15, 0.2) is 18.2 Å². The van der Waals surface area contributed by atoms with E-state index in [0.717, 1.165) is 16.5 Å². The summed E-state index contributed by atoms with van der Waals surface area (Å²) in [4.78, 5) is 29.9. The largest absolute Gasteiger partial charge is 0.484 e. The van der Waals surface area contributed by atoms with Crippen molar-refractivity contribution in [1.82, 2.24) is 14.8 Å². The number of nitrogens with one attached hydrogen (secondary N) is 1. The highest BCUT2D eigenvalue weighted by Gasteiger charge is 2.22. The monoisotopic (exact) mass is 458 g/mol. The molecule has 0 fully saturated rings. The van der Waals surface area contributed by atoms with Gasteiger partial charge in [0.1, 0.15) is 11.3 Å². The van der Waals surface area contributed by atoms with E-state index in [1.165, 1.54) is 10.9 Å². The fourth-order valence-electron chi connectivity index (χ4n) is 3.45. The molecule has 2 aromatic heterocycles. The Morgan fingerprint density at radius 3 is 2.68 bits per heavy atom. The van der Waals surface area contributed by atoms with E-state index in [-0.39, 0.29) is 24.6 Å². The molecule has 0 atom stereocenters. The van der Waals surface area contributed by atoms with Gasteiger partial charge in [0.25, 0.3) is 5.91 Å². The molecular formula is C26H26N4O4. The van der Waals surface area contributed by atoms with Gasteiger partial charge in [-0.3, -0.25) is 4.79 Å². The molecule has 2 aromatic carbocycles. The topological polar surface area (TPSA) is 95.3 Å². The molecule has 1 N–H and O–H groups in total. The molecule has 34 heavy (non-hydrogen) atoms. The summed E-state index contributed by atoms with van der Waals surface area (Å²) in [6, 6.07) is 18.9. The van der Waals surface area contributed by atoms with Crippen LogP contribution in [0.5, 0.6) is 5.75 Å². The van der Waals surface area contributed by atoms with E-state index in [9.17, 15) is 9.59 Å². The van der Waals surface area contributed by atoms with Gasteiger partial charge in [0, 0.05) is 5.39 Å². The van der Waals surface area contributed by atoms with Crippen molar-refractivity contribution in [3.05, 3.63) is 78.0 Å². The van der Waals surface area contributed by atoms with Crippen molar-refractivity contribution in [1.29, 1.82) is 0 Å². The fourth-order valence-corrected chi connectivity index (χ4v) is 3.45. The zero-order valence-corrected chi connectivity index (χ0v) is 19.3. The first-order valence-corrected chi connectivity index (χ1v) is 11.1. The number of ether oxygens (including phenoxy) is 2. The molecule has 0 saturated carbocycles. The van der Waals surface area contributed by atoms with Crippen LogP contribution in [0.15, 0.2) is 66.9 Å². The summed E-state index contributed by atoms with van der Waals surface area (Å²) < 4.78 is 12.2. The summed E-state index contributed by atoms with van der Waals surface area (Å²) in [6.45, 7) is 5.85. The van der Waals surface area contributed by atoms with Gasteiger partial charge < -0.3 is 14.8 Å². The first-order valence-electron chi connectivity index (χ1n) is 11.1. The van der Waals surface area contributed by atoms with E-state index in [0.29, 0.717) is 17.5 Å². The minimum Gasteiger partial charge on any atom is -0.484 e. The number of benzene rings is 2. The van der Waals surface area contributed by atoms with Gasteiger partial charge in [-0.25, -0.2) is 9.78 Å². The fraction of sp³-hybridized carbons (Fsp3) is 0.231. The normalized spacial score (nSPS) is 10.9. The second-order valence-electron chi connectivity index (χ2n) is 7.97. The number of anilines is 1. The number of nitrogens with zero attached hydrogens (tertiary/aromatic N) is 3. The zero-order valence-electron chi connectivity index (χ0n) is 19.3. The molecule has 0 radical (unpaired) electrons. The Morgan fingerprint density at radius 2 is 1.88 bits per heavy atom. The van der Waals surface area contributed by atoms with Crippen LogP contribution in [0.3, 0.4) is 0 Å². The number of amides is 1. The quantitative estimate of drug-likeness (QED) is 0.383. The molecule has 4 aromatic rings. The Bertz CT molecular complexity index is 1330. The molecule has 0 spiro atoms. The Balaban J connectivity index is 1.59. The predicted octanol–water partition coefficient (Wildman–Crippen LogP) is 4.74. The third-order valence-electron chi connectivity index (χ3n) is 5.22. The average molecular weight is 459 g/mol. The van der Waals surface area contributed by atoms with Crippen molar-refractivity contribution < 1.29 is 19.1 Å². The van der Waals surface area contributed by atoms with E-state index in [1.807, 2.05) is 48.5 Å². The number of aromatic nitrogens is 3. The molecule has 1 amide bonds. The maximum Gasteiger partial charge on any atom is 0.343 e. The van der Waals surface area contributed by atoms with Crippen LogP contribution in [0.1, 0.15) is 42.6 Å². The molecule has 4 rings (SSSR count). The van der Waals surface area contributed by atoms with Crippen LogP contribution in [-0.4, -0.2) is 39.9 Å². The van der Waals surface area contributed by atoms with Crippen molar-refractivity contribution >= 4 is 28.6 Å². The Kier molecular flexibility index (Phi) is 6.87. The highest BCUT2D eigenvalue weighted by molar-refractivity contribution is 6.01. The first-order chi connectivity index (χ1) is 16.5. The molecule has 0 aliphatic heterocycles.